The van der Waals surface area contributed by atoms with Gasteiger partial charge in [-0.05, 0) is 26.0 Å². The van der Waals surface area contributed by atoms with Crippen molar-refractivity contribution >= 4 is 45.1 Å². The fourth-order valence-electron chi connectivity index (χ4n) is 1.95. The highest BCUT2D eigenvalue weighted by molar-refractivity contribution is 7.89. The average Bonchev–Trinajstić information content (AvgIpc) is 2.43. The number of hydrogen-bond donors (Lipinski definition) is 2. The number of halogens is 2. The lowest BCUT2D eigenvalue weighted by Gasteiger charge is -2.24. The smallest absolute Gasteiger partial charge is 0.323 e. The van der Waals surface area contributed by atoms with E-state index in [9.17, 15) is 18.0 Å². The third-order valence-electron chi connectivity index (χ3n) is 3.07. The quantitative estimate of drug-likeness (QED) is 0.698. The fourth-order valence-corrected chi connectivity index (χ4v) is 4.12. The normalized spacial score (nSPS) is 11.5. The first kappa shape index (κ1) is 20.7. The first-order valence-corrected chi connectivity index (χ1v) is 9.25. The van der Waals surface area contributed by atoms with Crippen LogP contribution < -0.4 is 4.72 Å². The van der Waals surface area contributed by atoms with Gasteiger partial charge >= 0.3 is 5.97 Å². The summed E-state index contributed by atoms with van der Waals surface area (Å²) in [4.78, 5) is 23.7. The average molecular weight is 397 g/mol. The number of sulfonamides is 1. The second-order valence-corrected chi connectivity index (χ2v) is 7.73. The molecular formula is C14H18Cl2N2O5S. The lowest BCUT2D eigenvalue weighted by Crippen LogP contribution is -2.42. The number of aliphatic carboxylic acids is 1. The molecule has 0 saturated heterocycles. The first-order chi connectivity index (χ1) is 11.1. The monoisotopic (exact) mass is 396 g/mol. The Hall–Kier alpha value is -1.35. The van der Waals surface area contributed by atoms with Crippen LogP contribution >= 0.6 is 23.2 Å². The molecule has 2 N–H and O–H groups in total. The van der Waals surface area contributed by atoms with Gasteiger partial charge in [-0.2, -0.15) is 0 Å². The van der Waals surface area contributed by atoms with E-state index in [1.165, 1.54) is 18.2 Å². The van der Waals surface area contributed by atoms with E-state index in [1.807, 2.05) is 0 Å². The van der Waals surface area contributed by atoms with Crippen molar-refractivity contribution in [1.82, 2.24) is 9.62 Å². The third kappa shape index (κ3) is 5.62. The van der Waals surface area contributed by atoms with E-state index in [0.717, 1.165) is 4.90 Å². The number of carbonyl (C=O) groups is 2. The van der Waals surface area contributed by atoms with Crippen molar-refractivity contribution in [2.45, 2.75) is 31.2 Å². The molecule has 0 atom stereocenters. The standard InChI is InChI=1S/C14H18Cl2N2O5S/c1-9(2)18(8-13(20)21)12(19)6-7-17-24(22,23)14-10(15)4-3-5-11(14)16/h3-5,9,17H,6-8H2,1-2H3,(H,20,21). The highest BCUT2D eigenvalue weighted by Gasteiger charge is 2.23. The number of nitrogens with one attached hydrogen (secondary N) is 1. The first-order valence-electron chi connectivity index (χ1n) is 7.01. The van der Waals surface area contributed by atoms with Crippen LogP contribution in [0.15, 0.2) is 23.1 Å². The van der Waals surface area contributed by atoms with Crippen LogP contribution in [0, 0.1) is 0 Å². The second kappa shape index (κ2) is 8.66. The highest BCUT2D eigenvalue weighted by atomic mass is 35.5. The van der Waals surface area contributed by atoms with Crippen molar-refractivity contribution in [3.63, 3.8) is 0 Å². The number of amides is 1. The van der Waals surface area contributed by atoms with E-state index in [-0.39, 0.29) is 33.9 Å². The molecule has 0 radical (unpaired) electrons. The summed E-state index contributed by atoms with van der Waals surface area (Å²) >= 11 is 11.7. The summed E-state index contributed by atoms with van der Waals surface area (Å²) in [7, 11) is -3.99. The number of hydrogen-bond acceptors (Lipinski definition) is 4. The van der Waals surface area contributed by atoms with Crippen LogP contribution in [0.25, 0.3) is 0 Å². The summed E-state index contributed by atoms with van der Waals surface area (Å²) in [5.74, 6) is -1.61. The zero-order valence-electron chi connectivity index (χ0n) is 13.1. The molecular weight excluding hydrogens is 379 g/mol. The molecule has 1 amide bonds. The van der Waals surface area contributed by atoms with Gasteiger partial charge in [0.25, 0.3) is 0 Å². The minimum absolute atomic E-state index is 0.0315. The molecule has 0 heterocycles. The van der Waals surface area contributed by atoms with Crippen LogP contribution in [0.3, 0.4) is 0 Å². The molecule has 0 saturated carbocycles. The van der Waals surface area contributed by atoms with Crippen molar-refractivity contribution in [3.05, 3.63) is 28.2 Å². The van der Waals surface area contributed by atoms with Crippen LogP contribution in [-0.2, 0) is 19.6 Å². The Morgan fingerprint density at radius 3 is 2.25 bits per heavy atom. The number of carbonyl (C=O) groups excluding carboxylic acids is 1. The fraction of sp³-hybridized carbons (Fsp3) is 0.429. The topological polar surface area (TPSA) is 104 Å². The molecule has 0 bridgehead atoms. The molecule has 24 heavy (non-hydrogen) atoms. The molecule has 10 heteroatoms. The van der Waals surface area contributed by atoms with Gasteiger partial charge in [-0.25, -0.2) is 13.1 Å². The maximum atomic E-state index is 12.2. The van der Waals surface area contributed by atoms with Crippen molar-refractivity contribution in [2.24, 2.45) is 0 Å². The Balaban J connectivity index is 2.75. The van der Waals surface area contributed by atoms with Gasteiger partial charge in [-0.15, -0.1) is 0 Å². The summed E-state index contributed by atoms with van der Waals surface area (Å²) < 4.78 is 26.7. The van der Waals surface area contributed by atoms with Gasteiger partial charge in [0.1, 0.15) is 11.4 Å². The zero-order chi connectivity index (χ0) is 18.5. The van der Waals surface area contributed by atoms with Gasteiger partial charge in [-0.3, -0.25) is 9.59 Å². The Morgan fingerprint density at radius 2 is 1.79 bits per heavy atom. The summed E-state index contributed by atoms with van der Waals surface area (Å²) in [6.45, 7) is 2.70. The van der Waals surface area contributed by atoms with Crippen molar-refractivity contribution in [2.75, 3.05) is 13.1 Å². The predicted octanol–water partition coefficient (Wildman–Crippen LogP) is 1.98. The van der Waals surface area contributed by atoms with Crippen LogP contribution in [0.5, 0.6) is 0 Å². The lowest BCUT2D eigenvalue weighted by molar-refractivity contribution is -0.145. The largest absolute Gasteiger partial charge is 0.480 e. The molecule has 0 aliphatic rings. The van der Waals surface area contributed by atoms with E-state index in [2.05, 4.69) is 4.72 Å². The van der Waals surface area contributed by atoms with E-state index < -0.39 is 28.4 Å². The number of carboxylic acid groups (broad SMARTS) is 1. The van der Waals surface area contributed by atoms with E-state index in [4.69, 9.17) is 28.3 Å². The molecule has 0 aromatic heterocycles. The summed E-state index contributed by atoms with van der Waals surface area (Å²) in [5.41, 5.74) is 0. The SMILES string of the molecule is CC(C)N(CC(=O)O)C(=O)CCNS(=O)(=O)c1c(Cl)cccc1Cl. The molecule has 0 fully saturated rings. The number of benzene rings is 1. The maximum absolute atomic E-state index is 12.2. The Morgan fingerprint density at radius 1 is 1.25 bits per heavy atom. The molecule has 1 aromatic rings. The minimum Gasteiger partial charge on any atom is -0.480 e. The van der Waals surface area contributed by atoms with Crippen molar-refractivity contribution < 1.29 is 23.1 Å². The van der Waals surface area contributed by atoms with Gasteiger partial charge in [-0.1, -0.05) is 29.3 Å². The molecule has 7 nitrogen and oxygen atoms in total. The predicted molar refractivity (Wildman–Crippen MR) is 90.8 cm³/mol. The lowest BCUT2D eigenvalue weighted by atomic mass is 10.2. The van der Waals surface area contributed by atoms with Crippen molar-refractivity contribution in [3.8, 4) is 0 Å². The van der Waals surface area contributed by atoms with Crippen LogP contribution in [-0.4, -0.2) is 49.4 Å². The molecule has 0 aliphatic heterocycles. The second-order valence-electron chi connectivity index (χ2n) is 5.21. The Labute approximate surface area is 150 Å². The molecule has 1 aromatic carbocycles. The van der Waals surface area contributed by atoms with Crippen LogP contribution in [0.2, 0.25) is 10.0 Å². The van der Waals surface area contributed by atoms with Gasteiger partial charge < -0.3 is 10.0 Å². The zero-order valence-corrected chi connectivity index (χ0v) is 15.5. The molecule has 134 valence electrons. The summed E-state index contributed by atoms with van der Waals surface area (Å²) in [5, 5.41) is 8.75. The highest BCUT2D eigenvalue weighted by Crippen LogP contribution is 2.28. The molecule has 0 spiro atoms. The summed E-state index contributed by atoms with van der Waals surface area (Å²) in [6.07, 6.45) is -0.188. The third-order valence-corrected chi connectivity index (χ3v) is 5.48. The minimum atomic E-state index is -3.99. The van der Waals surface area contributed by atoms with Gasteiger partial charge in [0.05, 0.1) is 10.0 Å². The number of nitrogens with zero attached hydrogens (tertiary/aromatic N) is 1. The number of rotatable bonds is 8. The Bertz CT molecular complexity index is 702. The van der Waals surface area contributed by atoms with E-state index in [1.54, 1.807) is 13.8 Å². The van der Waals surface area contributed by atoms with E-state index >= 15 is 0 Å². The summed E-state index contributed by atoms with van der Waals surface area (Å²) in [6, 6.07) is 3.98. The number of carboxylic acids is 1. The van der Waals surface area contributed by atoms with Crippen LogP contribution in [0.1, 0.15) is 20.3 Å². The van der Waals surface area contributed by atoms with Crippen molar-refractivity contribution in [1.29, 1.82) is 0 Å². The van der Waals surface area contributed by atoms with Gasteiger partial charge in [0, 0.05) is 19.0 Å². The Kier molecular flexibility index (Phi) is 7.47. The molecule has 0 aliphatic carbocycles. The molecule has 0 unspecified atom stereocenters. The van der Waals surface area contributed by atoms with Gasteiger partial charge in [0.2, 0.25) is 15.9 Å². The van der Waals surface area contributed by atoms with E-state index in [0.29, 0.717) is 0 Å². The van der Waals surface area contributed by atoms with Crippen LogP contribution in [0.4, 0.5) is 0 Å². The molecule has 1 rings (SSSR count). The van der Waals surface area contributed by atoms with Gasteiger partial charge in [0.15, 0.2) is 0 Å². The maximum Gasteiger partial charge on any atom is 0.323 e.